The summed E-state index contributed by atoms with van der Waals surface area (Å²) in [5, 5.41) is 4.06. The number of rotatable bonds is 5. The van der Waals surface area contributed by atoms with Crippen LogP contribution < -0.4 is 5.32 Å². The van der Waals surface area contributed by atoms with E-state index in [2.05, 4.69) is 10.3 Å². The molecule has 1 aliphatic rings. The molecule has 1 atom stereocenters. The van der Waals surface area contributed by atoms with Crippen molar-refractivity contribution >= 4 is 16.8 Å². The van der Waals surface area contributed by atoms with Crippen molar-refractivity contribution in [2.24, 2.45) is 5.92 Å². The van der Waals surface area contributed by atoms with Gasteiger partial charge in [0, 0.05) is 24.2 Å². The highest BCUT2D eigenvalue weighted by molar-refractivity contribution is 6.06. The number of ether oxygens (including phenoxy) is 1. The van der Waals surface area contributed by atoms with Crippen LogP contribution in [0.3, 0.4) is 0 Å². The Kier molecular flexibility index (Phi) is 3.25. The Morgan fingerprint density at radius 1 is 1.47 bits per heavy atom. The maximum atomic E-state index is 12.4. The van der Waals surface area contributed by atoms with Gasteiger partial charge in [0.1, 0.15) is 0 Å². The summed E-state index contributed by atoms with van der Waals surface area (Å²) in [6, 6.07) is 7.97. The summed E-state index contributed by atoms with van der Waals surface area (Å²) in [6.45, 7) is 0.582. The molecule has 1 aromatic heterocycles. The molecule has 1 fully saturated rings. The maximum absolute atomic E-state index is 12.4. The largest absolute Gasteiger partial charge is 0.383 e. The van der Waals surface area contributed by atoms with Gasteiger partial charge in [0.2, 0.25) is 0 Å². The second kappa shape index (κ2) is 5.05. The molecule has 4 heteroatoms. The van der Waals surface area contributed by atoms with Crippen LogP contribution in [0.2, 0.25) is 0 Å². The Balaban J connectivity index is 1.79. The minimum atomic E-state index is -0.0219. The molecular formula is C15H18N2O2. The van der Waals surface area contributed by atoms with E-state index in [0.29, 0.717) is 18.1 Å². The molecule has 2 aromatic rings. The summed E-state index contributed by atoms with van der Waals surface area (Å²) in [7, 11) is 1.67. The van der Waals surface area contributed by atoms with Crippen LogP contribution in [0, 0.1) is 5.92 Å². The summed E-state index contributed by atoms with van der Waals surface area (Å²) in [6.07, 6.45) is 4.14. The standard InChI is InChI=1S/C15H18N2O2/c1-19-9-14(10-6-7-10)17-15(18)12-8-16-13-5-3-2-4-11(12)13/h2-5,8,10,14,16H,6-7,9H2,1H3,(H,17,18)/t14-/m1/s1. The van der Waals surface area contributed by atoms with E-state index in [9.17, 15) is 4.79 Å². The Labute approximate surface area is 112 Å². The molecule has 0 unspecified atom stereocenters. The summed E-state index contributed by atoms with van der Waals surface area (Å²) in [5.41, 5.74) is 1.69. The molecule has 1 saturated carbocycles. The van der Waals surface area contributed by atoms with Crippen molar-refractivity contribution in [1.82, 2.24) is 10.3 Å². The van der Waals surface area contributed by atoms with E-state index in [0.717, 1.165) is 10.9 Å². The number of hydrogen-bond acceptors (Lipinski definition) is 2. The first-order valence-corrected chi connectivity index (χ1v) is 6.65. The number of methoxy groups -OCH3 is 1. The molecule has 1 aromatic carbocycles. The van der Waals surface area contributed by atoms with E-state index in [1.807, 2.05) is 24.3 Å². The van der Waals surface area contributed by atoms with Gasteiger partial charge in [0.05, 0.1) is 18.2 Å². The number of aromatic nitrogens is 1. The molecule has 19 heavy (non-hydrogen) atoms. The van der Waals surface area contributed by atoms with E-state index in [4.69, 9.17) is 4.74 Å². The van der Waals surface area contributed by atoms with Crippen LogP contribution in [0.25, 0.3) is 10.9 Å². The number of H-pyrrole nitrogens is 1. The van der Waals surface area contributed by atoms with Crippen LogP contribution in [0.4, 0.5) is 0 Å². The Morgan fingerprint density at radius 2 is 2.26 bits per heavy atom. The zero-order chi connectivity index (χ0) is 13.2. The van der Waals surface area contributed by atoms with Crippen molar-refractivity contribution in [3.8, 4) is 0 Å². The Morgan fingerprint density at radius 3 is 3.00 bits per heavy atom. The number of hydrogen-bond donors (Lipinski definition) is 2. The normalized spacial score (nSPS) is 16.5. The fourth-order valence-corrected chi connectivity index (χ4v) is 2.48. The van der Waals surface area contributed by atoms with Gasteiger partial charge in [0.15, 0.2) is 0 Å². The lowest BCUT2D eigenvalue weighted by atomic mass is 10.1. The lowest BCUT2D eigenvalue weighted by molar-refractivity contribution is 0.0886. The minimum absolute atomic E-state index is 0.0219. The third kappa shape index (κ3) is 2.49. The third-order valence-electron chi connectivity index (χ3n) is 3.69. The van der Waals surface area contributed by atoms with E-state index in [-0.39, 0.29) is 11.9 Å². The lowest BCUT2D eigenvalue weighted by Crippen LogP contribution is -2.39. The van der Waals surface area contributed by atoms with Crippen molar-refractivity contribution in [2.45, 2.75) is 18.9 Å². The first-order valence-electron chi connectivity index (χ1n) is 6.65. The quantitative estimate of drug-likeness (QED) is 0.864. The minimum Gasteiger partial charge on any atom is -0.383 e. The highest BCUT2D eigenvalue weighted by Crippen LogP contribution is 2.33. The Bertz CT molecular complexity index is 587. The second-order valence-electron chi connectivity index (χ2n) is 5.12. The summed E-state index contributed by atoms with van der Waals surface area (Å²) >= 11 is 0. The molecule has 0 radical (unpaired) electrons. The lowest BCUT2D eigenvalue weighted by Gasteiger charge is -2.16. The van der Waals surface area contributed by atoms with Gasteiger partial charge >= 0.3 is 0 Å². The first-order chi connectivity index (χ1) is 9.29. The summed E-state index contributed by atoms with van der Waals surface area (Å²) in [5.74, 6) is 0.556. The number of benzene rings is 1. The van der Waals surface area contributed by atoms with Crippen molar-refractivity contribution < 1.29 is 9.53 Å². The van der Waals surface area contributed by atoms with E-state index in [1.165, 1.54) is 12.8 Å². The number of carbonyl (C=O) groups excluding carboxylic acids is 1. The highest BCUT2D eigenvalue weighted by atomic mass is 16.5. The van der Waals surface area contributed by atoms with Crippen LogP contribution in [-0.2, 0) is 4.74 Å². The molecule has 100 valence electrons. The zero-order valence-corrected chi connectivity index (χ0v) is 11.0. The van der Waals surface area contributed by atoms with Crippen LogP contribution in [0.1, 0.15) is 23.2 Å². The van der Waals surface area contributed by atoms with Gasteiger partial charge in [-0.1, -0.05) is 18.2 Å². The zero-order valence-electron chi connectivity index (χ0n) is 11.0. The number of aromatic amines is 1. The smallest absolute Gasteiger partial charge is 0.253 e. The van der Waals surface area contributed by atoms with Crippen LogP contribution >= 0.6 is 0 Å². The van der Waals surface area contributed by atoms with Crippen LogP contribution in [0.5, 0.6) is 0 Å². The molecule has 1 amide bonds. The van der Waals surface area contributed by atoms with Crippen molar-refractivity contribution in [1.29, 1.82) is 0 Å². The monoisotopic (exact) mass is 258 g/mol. The molecule has 2 N–H and O–H groups in total. The van der Waals surface area contributed by atoms with E-state index in [1.54, 1.807) is 13.3 Å². The van der Waals surface area contributed by atoms with E-state index >= 15 is 0 Å². The third-order valence-corrected chi connectivity index (χ3v) is 3.69. The van der Waals surface area contributed by atoms with Gasteiger partial charge in [-0.05, 0) is 24.8 Å². The molecule has 1 aliphatic carbocycles. The molecule has 0 spiro atoms. The first kappa shape index (κ1) is 12.2. The summed E-state index contributed by atoms with van der Waals surface area (Å²) < 4.78 is 5.19. The van der Waals surface area contributed by atoms with Gasteiger partial charge < -0.3 is 15.0 Å². The molecule has 4 nitrogen and oxygen atoms in total. The van der Waals surface area contributed by atoms with Gasteiger partial charge in [0.25, 0.3) is 5.91 Å². The van der Waals surface area contributed by atoms with Crippen molar-refractivity contribution in [3.63, 3.8) is 0 Å². The second-order valence-corrected chi connectivity index (χ2v) is 5.12. The van der Waals surface area contributed by atoms with Gasteiger partial charge in [-0.25, -0.2) is 0 Å². The van der Waals surface area contributed by atoms with Crippen LogP contribution in [0.15, 0.2) is 30.5 Å². The number of nitrogens with one attached hydrogen (secondary N) is 2. The predicted octanol–water partition coefficient (Wildman–Crippen LogP) is 2.32. The molecule has 1 heterocycles. The average Bonchev–Trinajstić information content (AvgIpc) is 3.17. The van der Waals surface area contributed by atoms with Gasteiger partial charge in [-0.15, -0.1) is 0 Å². The fraction of sp³-hybridized carbons (Fsp3) is 0.400. The van der Waals surface area contributed by atoms with Crippen LogP contribution in [-0.4, -0.2) is 30.6 Å². The number of fused-ring (bicyclic) bond motifs is 1. The van der Waals surface area contributed by atoms with Gasteiger partial charge in [-0.2, -0.15) is 0 Å². The number of amides is 1. The van der Waals surface area contributed by atoms with E-state index < -0.39 is 0 Å². The SMILES string of the molecule is COC[C@@H](NC(=O)c1c[nH]c2ccccc12)C1CC1. The summed E-state index contributed by atoms with van der Waals surface area (Å²) in [4.78, 5) is 15.5. The fourth-order valence-electron chi connectivity index (χ4n) is 2.48. The van der Waals surface area contributed by atoms with Crippen molar-refractivity contribution in [2.75, 3.05) is 13.7 Å². The average molecular weight is 258 g/mol. The molecule has 0 bridgehead atoms. The molecule has 0 aliphatic heterocycles. The van der Waals surface area contributed by atoms with Gasteiger partial charge in [-0.3, -0.25) is 4.79 Å². The predicted molar refractivity (Wildman–Crippen MR) is 74.2 cm³/mol. The number of carbonyl (C=O) groups is 1. The Hall–Kier alpha value is -1.81. The maximum Gasteiger partial charge on any atom is 0.253 e. The molecule has 0 saturated heterocycles. The highest BCUT2D eigenvalue weighted by Gasteiger charge is 2.32. The molecule has 3 rings (SSSR count). The number of para-hydroxylation sites is 1. The van der Waals surface area contributed by atoms with Crippen molar-refractivity contribution in [3.05, 3.63) is 36.0 Å². The topological polar surface area (TPSA) is 54.1 Å². The molecular weight excluding hydrogens is 240 g/mol.